The number of aryl methyl sites for hydroxylation is 2. The monoisotopic (exact) mass is 304 g/mol. The highest BCUT2D eigenvalue weighted by Gasteiger charge is 2.22. The summed E-state index contributed by atoms with van der Waals surface area (Å²) >= 11 is 1.49. The summed E-state index contributed by atoms with van der Waals surface area (Å²) < 4.78 is 10.1. The summed E-state index contributed by atoms with van der Waals surface area (Å²) in [5.74, 6) is 2.20. The molecule has 21 heavy (non-hydrogen) atoms. The van der Waals surface area contributed by atoms with E-state index in [9.17, 15) is 0 Å². The van der Waals surface area contributed by atoms with Crippen molar-refractivity contribution in [1.29, 1.82) is 0 Å². The number of piperidine rings is 1. The molecule has 0 N–H and O–H groups in total. The van der Waals surface area contributed by atoms with Crippen LogP contribution in [-0.4, -0.2) is 34.0 Å². The number of ether oxygens (including phenoxy) is 1. The van der Waals surface area contributed by atoms with Gasteiger partial charge < -0.3 is 9.64 Å². The van der Waals surface area contributed by atoms with Gasteiger partial charge in [-0.15, -0.1) is 0 Å². The number of hydrogen-bond donors (Lipinski definition) is 0. The maximum atomic E-state index is 5.82. The van der Waals surface area contributed by atoms with Gasteiger partial charge in [-0.05, 0) is 38.7 Å². The maximum Gasteiger partial charge on any atom is 0.213 e. The lowest BCUT2D eigenvalue weighted by atomic mass is 9.98. The molecule has 1 aliphatic rings. The minimum absolute atomic E-state index is 0.595. The summed E-state index contributed by atoms with van der Waals surface area (Å²) in [6, 6.07) is 5.89. The molecule has 6 heteroatoms. The van der Waals surface area contributed by atoms with Gasteiger partial charge in [0, 0.05) is 36.4 Å². The van der Waals surface area contributed by atoms with E-state index in [2.05, 4.69) is 19.2 Å². The van der Waals surface area contributed by atoms with E-state index in [4.69, 9.17) is 4.74 Å². The molecule has 0 atom stereocenters. The lowest BCUT2D eigenvalue weighted by molar-refractivity contribution is 0.216. The Kier molecular flexibility index (Phi) is 4.34. The van der Waals surface area contributed by atoms with Crippen molar-refractivity contribution in [2.24, 2.45) is 5.92 Å². The SMILES string of the molecule is Cc1cccc(OCC2CCN(c3nc(C)ns3)CC2)n1. The normalized spacial score (nSPS) is 16.2. The van der Waals surface area contributed by atoms with Gasteiger partial charge in [-0.3, -0.25) is 0 Å². The molecule has 112 valence electrons. The maximum absolute atomic E-state index is 5.82. The molecular weight excluding hydrogens is 284 g/mol. The summed E-state index contributed by atoms with van der Waals surface area (Å²) in [6.07, 6.45) is 2.26. The van der Waals surface area contributed by atoms with Crippen molar-refractivity contribution in [3.05, 3.63) is 29.7 Å². The Morgan fingerprint density at radius 1 is 1.24 bits per heavy atom. The fourth-order valence-corrected chi connectivity index (χ4v) is 3.23. The molecule has 3 heterocycles. The van der Waals surface area contributed by atoms with Crippen LogP contribution in [0.25, 0.3) is 0 Å². The second-order valence-electron chi connectivity index (χ2n) is 5.48. The highest BCUT2D eigenvalue weighted by atomic mass is 32.1. The van der Waals surface area contributed by atoms with E-state index >= 15 is 0 Å². The van der Waals surface area contributed by atoms with E-state index in [0.29, 0.717) is 5.92 Å². The predicted octanol–water partition coefficient (Wildman–Crippen LogP) is 2.85. The third kappa shape index (κ3) is 3.69. The Morgan fingerprint density at radius 3 is 2.71 bits per heavy atom. The highest BCUT2D eigenvalue weighted by Crippen LogP contribution is 2.25. The third-order valence-electron chi connectivity index (χ3n) is 3.73. The van der Waals surface area contributed by atoms with E-state index < -0.39 is 0 Å². The first-order valence-corrected chi connectivity index (χ1v) is 8.10. The van der Waals surface area contributed by atoms with Crippen molar-refractivity contribution in [2.45, 2.75) is 26.7 Å². The summed E-state index contributed by atoms with van der Waals surface area (Å²) in [4.78, 5) is 11.2. The zero-order chi connectivity index (χ0) is 14.7. The van der Waals surface area contributed by atoms with Gasteiger partial charge in [-0.1, -0.05) is 6.07 Å². The Balaban J connectivity index is 1.47. The summed E-state index contributed by atoms with van der Waals surface area (Å²) in [6.45, 7) is 6.73. The molecule has 0 amide bonds. The third-order valence-corrected chi connectivity index (χ3v) is 4.60. The van der Waals surface area contributed by atoms with Crippen LogP contribution in [-0.2, 0) is 0 Å². The number of hydrogen-bond acceptors (Lipinski definition) is 6. The van der Waals surface area contributed by atoms with Gasteiger partial charge in [0.2, 0.25) is 11.0 Å². The minimum atomic E-state index is 0.595. The van der Waals surface area contributed by atoms with Gasteiger partial charge in [0.05, 0.1) is 6.61 Å². The zero-order valence-corrected chi connectivity index (χ0v) is 13.3. The van der Waals surface area contributed by atoms with E-state index in [1.165, 1.54) is 11.5 Å². The number of rotatable bonds is 4. The van der Waals surface area contributed by atoms with Crippen LogP contribution < -0.4 is 9.64 Å². The van der Waals surface area contributed by atoms with Crippen LogP contribution in [0.2, 0.25) is 0 Å². The van der Waals surface area contributed by atoms with Crippen molar-refractivity contribution in [3.8, 4) is 5.88 Å². The predicted molar refractivity (Wildman–Crippen MR) is 84.1 cm³/mol. The number of aromatic nitrogens is 3. The second-order valence-corrected chi connectivity index (χ2v) is 6.21. The number of nitrogens with zero attached hydrogens (tertiary/aromatic N) is 4. The van der Waals surface area contributed by atoms with Gasteiger partial charge in [0.1, 0.15) is 5.82 Å². The Morgan fingerprint density at radius 2 is 2.05 bits per heavy atom. The minimum Gasteiger partial charge on any atom is -0.477 e. The quantitative estimate of drug-likeness (QED) is 0.869. The van der Waals surface area contributed by atoms with Crippen molar-refractivity contribution < 1.29 is 4.74 Å². The molecule has 5 nitrogen and oxygen atoms in total. The van der Waals surface area contributed by atoms with Crippen LogP contribution in [0.15, 0.2) is 18.2 Å². The molecule has 0 aromatic carbocycles. The van der Waals surface area contributed by atoms with Crippen LogP contribution >= 0.6 is 11.5 Å². The molecule has 1 aliphatic heterocycles. The van der Waals surface area contributed by atoms with Gasteiger partial charge in [0.25, 0.3) is 0 Å². The van der Waals surface area contributed by atoms with Gasteiger partial charge in [0.15, 0.2) is 0 Å². The van der Waals surface area contributed by atoms with Crippen LogP contribution in [0.1, 0.15) is 24.4 Å². The van der Waals surface area contributed by atoms with Crippen molar-refractivity contribution in [1.82, 2.24) is 14.3 Å². The fourth-order valence-electron chi connectivity index (χ4n) is 2.51. The van der Waals surface area contributed by atoms with Gasteiger partial charge in [-0.25, -0.2) is 9.97 Å². The van der Waals surface area contributed by atoms with Crippen LogP contribution in [0, 0.1) is 19.8 Å². The molecule has 0 spiro atoms. The van der Waals surface area contributed by atoms with Crippen LogP contribution in [0.5, 0.6) is 5.88 Å². The van der Waals surface area contributed by atoms with E-state index in [1.807, 2.05) is 32.0 Å². The first kappa shape index (κ1) is 14.3. The van der Waals surface area contributed by atoms with Crippen molar-refractivity contribution in [2.75, 3.05) is 24.6 Å². The summed E-state index contributed by atoms with van der Waals surface area (Å²) in [5, 5.41) is 1.05. The summed E-state index contributed by atoms with van der Waals surface area (Å²) in [5.41, 5.74) is 0.994. The molecule has 0 radical (unpaired) electrons. The Bertz CT molecular complexity index is 593. The molecule has 2 aromatic rings. The Hall–Kier alpha value is -1.69. The topological polar surface area (TPSA) is 51.1 Å². The van der Waals surface area contributed by atoms with Crippen molar-refractivity contribution >= 4 is 16.7 Å². The standard InChI is InChI=1S/C15H20N4OS/c1-11-4-3-5-14(16-11)20-10-13-6-8-19(9-7-13)15-17-12(2)18-21-15/h3-5,13H,6-10H2,1-2H3. The average molecular weight is 304 g/mol. The zero-order valence-electron chi connectivity index (χ0n) is 12.5. The summed E-state index contributed by atoms with van der Waals surface area (Å²) in [7, 11) is 0. The Labute approximate surface area is 129 Å². The van der Waals surface area contributed by atoms with E-state index in [-0.39, 0.29) is 0 Å². The van der Waals surface area contributed by atoms with E-state index in [1.54, 1.807) is 0 Å². The molecule has 0 saturated carbocycles. The molecule has 0 bridgehead atoms. The van der Waals surface area contributed by atoms with E-state index in [0.717, 1.165) is 55.1 Å². The molecule has 0 aliphatic carbocycles. The molecule has 1 saturated heterocycles. The largest absolute Gasteiger partial charge is 0.477 e. The molecule has 1 fully saturated rings. The van der Waals surface area contributed by atoms with Crippen LogP contribution in [0.4, 0.5) is 5.13 Å². The van der Waals surface area contributed by atoms with Gasteiger partial charge in [-0.2, -0.15) is 4.37 Å². The van der Waals surface area contributed by atoms with Gasteiger partial charge >= 0.3 is 0 Å². The highest BCUT2D eigenvalue weighted by molar-refractivity contribution is 7.09. The average Bonchev–Trinajstić information content (AvgIpc) is 2.92. The fraction of sp³-hybridized carbons (Fsp3) is 0.533. The lowest BCUT2D eigenvalue weighted by Crippen LogP contribution is -2.35. The number of pyridine rings is 1. The first-order chi connectivity index (χ1) is 10.2. The second kappa shape index (κ2) is 6.39. The number of anilines is 1. The van der Waals surface area contributed by atoms with Crippen molar-refractivity contribution in [3.63, 3.8) is 0 Å². The molecular formula is C15H20N4OS. The lowest BCUT2D eigenvalue weighted by Gasteiger charge is -2.31. The smallest absolute Gasteiger partial charge is 0.213 e. The first-order valence-electron chi connectivity index (χ1n) is 7.32. The molecule has 3 rings (SSSR count). The molecule has 0 unspecified atom stereocenters. The molecule has 2 aromatic heterocycles. The van der Waals surface area contributed by atoms with Crippen LogP contribution in [0.3, 0.4) is 0 Å².